The second-order valence-corrected chi connectivity index (χ2v) is 5.53. The van der Waals surface area contributed by atoms with Crippen molar-refractivity contribution in [2.75, 3.05) is 13.2 Å². The highest BCUT2D eigenvalue weighted by Gasteiger charge is 2.05. The van der Waals surface area contributed by atoms with Crippen LogP contribution in [0.2, 0.25) is 5.02 Å². The van der Waals surface area contributed by atoms with Crippen molar-refractivity contribution in [3.8, 4) is 11.5 Å². The number of hydrogen-bond acceptors (Lipinski definition) is 3. The monoisotopic (exact) mass is 368 g/mol. The first-order valence-corrected chi connectivity index (χ1v) is 7.38. The van der Waals surface area contributed by atoms with Crippen molar-refractivity contribution in [3.63, 3.8) is 0 Å². The number of rotatable bonds is 6. The van der Waals surface area contributed by atoms with Crippen molar-refractivity contribution < 1.29 is 9.47 Å². The SMILES string of the molecule is N=C(N)c1ccc(OCCOc2ccc(Br)cc2)cc1Cl. The van der Waals surface area contributed by atoms with Crippen LogP contribution in [0.15, 0.2) is 46.9 Å². The van der Waals surface area contributed by atoms with Crippen molar-refractivity contribution in [1.82, 2.24) is 0 Å². The van der Waals surface area contributed by atoms with Crippen LogP contribution in [-0.4, -0.2) is 19.0 Å². The molecule has 0 aliphatic heterocycles. The molecule has 2 rings (SSSR count). The van der Waals surface area contributed by atoms with Crippen LogP contribution in [0.4, 0.5) is 0 Å². The summed E-state index contributed by atoms with van der Waals surface area (Å²) in [5.41, 5.74) is 5.89. The Balaban J connectivity index is 1.82. The van der Waals surface area contributed by atoms with Crippen LogP contribution in [0, 0.1) is 5.41 Å². The van der Waals surface area contributed by atoms with Gasteiger partial charge in [-0.25, -0.2) is 0 Å². The van der Waals surface area contributed by atoms with E-state index in [0.29, 0.717) is 29.5 Å². The predicted octanol–water partition coefficient (Wildman–Crippen LogP) is 3.84. The smallest absolute Gasteiger partial charge is 0.124 e. The fourth-order valence-electron chi connectivity index (χ4n) is 1.65. The van der Waals surface area contributed by atoms with Gasteiger partial charge < -0.3 is 15.2 Å². The Bertz CT molecular complexity index is 632. The number of hydrogen-bond donors (Lipinski definition) is 2. The number of benzene rings is 2. The van der Waals surface area contributed by atoms with Crippen LogP contribution in [0.25, 0.3) is 0 Å². The predicted molar refractivity (Wildman–Crippen MR) is 87.6 cm³/mol. The molecule has 0 radical (unpaired) electrons. The highest BCUT2D eigenvalue weighted by Crippen LogP contribution is 2.22. The van der Waals surface area contributed by atoms with Gasteiger partial charge in [-0.1, -0.05) is 27.5 Å². The quantitative estimate of drug-likeness (QED) is 0.462. The normalized spacial score (nSPS) is 10.2. The lowest BCUT2D eigenvalue weighted by Gasteiger charge is -2.10. The molecule has 21 heavy (non-hydrogen) atoms. The molecule has 6 heteroatoms. The van der Waals surface area contributed by atoms with E-state index in [-0.39, 0.29) is 5.84 Å². The molecule has 3 N–H and O–H groups in total. The number of nitrogen functional groups attached to an aromatic ring is 1. The minimum Gasteiger partial charge on any atom is -0.490 e. The standard InChI is InChI=1S/C15H14BrClN2O2/c16-10-1-3-11(4-2-10)20-7-8-21-12-5-6-13(15(18)19)14(17)9-12/h1-6,9H,7-8H2,(H3,18,19). The highest BCUT2D eigenvalue weighted by atomic mass is 79.9. The molecule has 0 bridgehead atoms. The Morgan fingerprint density at radius 2 is 1.62 bits per heavy atom. The lowest BCUT2D eigenvalue weighted by molar-refractivity contribution is 0.217. The van der Waals surface area contributed by atoms with E-state index in [9.17, 15) is 0 Å². The minimum atomic E-state index is -0.0647. The Labute approximate surface area is 136 Å². The minimum absolute atomic E-state index is 0.0647. The van der Waals surface area contributed by atoms with Gasteiger partial charge in [-0.3, -0.25) is 5.41 Å². The third-order valence-corrected chi connectivity index (χ3v) is 3.51. The first-order valence-electron chi connectivity index (χ1n) is 6.21. The van der Waals surface area contributed by atoms with E-state index in [0.717, 1.165) is 10.2 Å². The molecule has 0 aromatic heterocycles. The molecule has 0 atom stereocenters. The summed E-state index contributed by atoms with van der Waals surface area (Å²) in [6.45, 7) is 0.819. The lowest BCUT2D eigenvalue weighted by atomic mass is 10.2. The summed E-state index contributed by atoms with van der Waals surface area (Å²) < 4.78 is 12.1. The van der Waals surface area contributed by atoms with Crippen LogP contribution in [0.3, 0.4) is 0 Å². The van der Waals surface area contributed by atoms with Crippen molar-refractivity contribution in [1.29, 1.82) is 5.41 Å². The Morgan fingerprint density at radius 3 is 2.19 bits per heavy atom. The van der Waals surface area contributed by atoms with Crippen LogP contribution in [0.5, 0.6) is 11.5 Å². The topological polar surface area (TPSA) is 68.3 Å². The van der Waals surface area contributed by atoms with Crippen molar-refractivity contribution in [2.24, 2.45) is 5.73 Å². The van der Waals surface area contributed by atoms with Crippen molar-refractivity contribution in [3.05, 3.63) is 57.5 Å². The maximum atomic E-state index is 7.35. The van der Waals surface area contributed by atoms with Gasteiger partial charge in [-0.2, -0.15) is 0 Å². The summed E-state index contributed by atoms with van der Waals surface area (Å²) in [4.78, 5) is 0. The maximum absolute atomic E-state index is 7.35. The average Bonchev–Trinajstić information content (AvgIpc) is 2.45. The third-order valence-electron chi connectivity index (χ3n) is 2.67. The van der Waals surface area contributed by atoms with Crippen molar-refractivity contribution >= 4 is 33.4 Å². The third kappa shape index (κ3) is 4.65. The summed E-state index contributed by atoms with van der Waals surface area (Å²) in [6, 6.07) is 12.6. The molecule has 2 aromatic rings. The van der Waals surface area contributed by atoms with Crippen LogP contribution >= 0.6 is 27.5 Å². The molecule has 0 saturated heterocycles. The number of amidine groups is 1. The fourth-order valence-corrected chi connectivity index (χ4v) is 2.19. The summed E-state index contributed by atoms with van der Waals surface area (Å²) in [5.74, 6) is 1.33. The zero-order chi connectivity index (χ0) is 15.2. The van der Waals surface area contributed by atoms with E-state index in [1.165, 1.54) is 0 Å². The van der Waals surface area contributed by atoms with E-state index < -0.39 is 0 Å². The summed E-state index contributed by atoms with van der Waals surface area (Å²) in [7, 11) is 0. The molecule has 0 heterocycles. The van der Waals surface area contributed by atoms with Crippen LogP contribution in [0.1, 0.15) is 5.56 Å². The fraction of sp³-hybridized carbons (Fsp3) is 0.133. The van der Waals surface area contributed by atoms with Crippen LogP contribution < -0.4 is 15.2 Å². The molecule has 4 nitrogen and oxygen atoms in total. The van der Waals surface area contributed by atoms with Gasteiger partial charge in [0.2, 0.25) is 0 Å². The summed E-state index contributed by atoms with van der Waals surface area (Å²) in [5, 5.41) is 7.75. The molecule has 0 fully saturated rings. The molecule has 0 spiro atoms. The van der Waals surface area contributed by atoms with E-state index in [2.05, 4.69) is 15.9 Å². The molecule has 0 amide bonds. The van der Waals surface area contributed by atoms with E-state index >= 15 is 0 Å². The molecule has 110 valence electrons. The zero-order valence-corrected chi connectivity index (χ0v) is 13.4. The zero-order valence-electron chi connectivity index (χ0n) is 11.1. The largest absolute Gasteiger partial charge is 0.490 e. The molecular formula is C15H14BrClN2O2. The Hall–Kier alpha value is -1.72. The van der Waals surface area contributed by atoms with E-state index in [4.69, 9.17) is 32.2 Å². The summed E-state index contributed by atoms with van der Waals surface area (Å²) in [6.07, 6.45) is 0. The highest BCUT2D eigenvalue weighted by molar-refractivity contribution is 9.10. The number of halogens is 2. The van der Waals surface area contributed by atoms with Gasteiger partial charge in [0.15, 0.2) is 0 Å². The molecule has 0 unspecified atom stereocenters. The van der Waals surface area contributed by atoms with Gasteiger partial charge in [-0.05, 0) is 42.5 Å². The van der Waals surface area contributed by atoms with Gasteiger partial charge in [0.05, 0.1) is 5.02 Å². The Morgan fingerprint density at radius 1 is 1.05 bits per heavy atom. The van der Waals surface area contributed by atoms with E-state index in [1.807, 2.05) is 24.3 Å². The number of ether oxygens (including phenoxy) is 2. The maximum Gasteiger partial charge on any atom is 0.124 e. The first-order chi connectivity index (χ1) is 10.1. The second-order valence-electron chi connectivity index (χ2n) is 4.21. The van der Waals surface area contributed by atoms with Gasteiger partial charge >= 0.3 is 0 Å². The van der Waals surface area contributed by atoms with Gasteiger partial charge in [0.25, 0.3) is 0 Å². The molecule has 0 aliphatic carbocycles. The van der Waals surface area contributed by atoms with E-state index in [1.54, 1.807) is 18.2 Å². The Kier molecular flexibility index (Phi) is 5.47. The average molecular weight is 370 g/mol. The first kappa shape index (κ1) is 15.7. The molecule has 0 aliphatic rings. The van der Waals surface area contributed by atoms with Gasteiger partial charge in [0.1, 0.15) is 30.5 Å². The van der Waals surface area contributed by atoms with Crippen molar-refractivity contribution in [2.45, 2.75) is 0 Å². The summed E-state index contributed by atoms with van der Waals surface area (Å²) >= 11 is 9.38. The number of nitrogens with one attached hydrogen (secondary N) is 1. The molecule has 0 saturated carbocycles. The number of nitrogens with two attached hydrogens (primary N) is 1. The lowest BCUT2D eigenvalue weighted by Crippen LogP contribution is -2.12. The molecular weight excluding hydrogens is 356 g/mol. The van der Waals surface area contributed by atoms with Gasteiger partial charge in [-0.15, -0.1) is 0 Å². The second kappa shape index (κ2) is 7.33. The molecule has 2 aromatic carbocycles. The van der Waals surface area contributed by atoms with Crippen LogP contribution in [-0.2, 0) is 0 Å². The van der Waals surface area contributed by atoms with Gasteiger partial charge in [0, 0.05) is 10.0 Å².